The third kappa shape index (κ3) is 3.92. The highest BCUT2D eigenvalue weighted by Gasteiger charge is 2.13. The summed E-state index contributed by atoms with van der Waals surface area (Å²) in [5.74, 6) is -0.00150. The molecule has 3 aromatic rings. The molecule has 0 saturated carbocycles. The van der Waals surface area contributed by atoms with Crippen LogP contribution in [-0.4, -0.2) is 35.9 Å². The van der Waals surface area contributed by atoms with E-state index in [9.17, 15) is 9.59 Å². The third-order valence-corrected chi connectivity index (χ3v) is 4.66. The molecule has 2 heterocycles. The van der Waals surface area contributed by atoms with Crippen LogP contribution in [0.3, 0.4) is 0 Å². The summed E-state index contributed by atoms with van der Waals surface area (Å²) in [6, 6.07) is 12.5. The number of nitrogens with zero attached hydrogens (tertiary/aromatic N) is 2. The van der Waals surface area contributed by atoms with Crippen molar-refractivity contribution in [3.05, 3.63) is 53.5 Å². The topological polar surface area (TPSA) is 82.5 Å². The summed E-state index contributed by atoms with van der Waals surface area (Å²) in [6.45, 7) is 0.0628. The number of methoxy groups -OCH3 is 2. The number of carbonyl (C=O) groups is 2. The van der Waals surface area contributed by atoms with Crippen molar-refractivity contribution < 1.29 is 19.1 Å². The SMILES string of the molecule is COC(=O)c1ccc(-c2ccn(CC(=O)Nc3ccccc3OC)n2)s1. The molecule has 3 rings (SSSR count). The van der Waals surface area contributed by atoms with Gasteiger partial charge in [-0.2, -0.15) is 5.10 Å². The third-order valence-electron chi connectivity index (χ3n) is 3.57. The fourth-order valence-electron chi connectivity index (χ4n) is 2.35. The van der Waals surface area contributed by atoms with Crippen molar-refractivity contribution in [2.24, 2.45) is 0 Å². The van der Waals surface area contributed by atoms with Crippen LogP contribution in [0.5, 0.6) is 5.75 Å². The molecule has 0 fully saturated rings. The van der Waals surface area contributed by atoms with E-state index in [1.54, 1.807) is 43.6 Å². The molecule has 1 aromatic carbocycles. The second kappa shape index (κ2) is 7.83. The normalized spacial score (nSPS) is 10.4. The van der Waals surface area contributed by atoms with E-state index in [-0.39, 0.29) is 18.4 Å². The van der Waals surface area contributed by atoms with Gasteiger partial charge < -0.3 is 14.8 Å². The van der Waals surface area contributed by atoms with Gasteiger partial charge in [0.05, 0.1) is 24.8 Å². The van der Waals surface area contributed by atoms with Crippen LogP contribution >= 0.6 is 11.3 Å². The van der Waals surface area contributed by atoms with Gasteiger partial charge in [-0.1, -0.05) is 12.1 Å². The van der Waals surface area contributed by atoms with E-state index in [1.807, 2.05) is 12.1 Å². The number of thiophene rings is 1. The number of ether oxygens (including phenoxy) is 2. The van der Waals surface area contributed by atoms with E-state index in [2.05, 4.69) is 10.4 Å². The van der Waals surface area contributed by atoms with Gasteiger partial charge in [-0.3, -0.25) is 9.48 Å². The molecule has 1 N–H and O–H groups in total. The lowest BCUT2D eigenvalue weighted by molar-refractivity contribution is -0.116. The summed E-state index contributed by atoms with van der Waals surface area (Å²) in [7, 11) is 2.89. The van der Waals surface area contributed by atoms with Gasteiger partial charge in [-0.25, -0.2) is 4.79 Å². The number of esters is 1. The van der Waals surface area contributed by atoms with Crippen LogP contribution in [0.15, 0.2) is 48.7 Å². The molecule has 8 heteroatoms. The van der Waals surface area contributed by atoms with E-state index in [4.69, 9.17) is 9.47 Å². The molecule has 134 valence electrons. The molecule has 0 saturated heterocycles. The highest BCUT2D eigenvalue weighted by Crippen LogP contribution is 2.27. The number of nitrogens with one attached hydrogen (secondary N) is 1. The van der Waals surface area contributed by atoms with Crippen LogP contribution in [0.1, 0.15) is 9.67 Å². The molecule has 0 bridgehead atoms. The Hall–Kier alpha value is -3.13. The Bertz CT molecular complexity index is 932. The summed E-state index contributed by atoms with van der Waals surface area (Å²) in [5, 5.41) is 7.19. The van der Waals surface area contributed by atoms with Crippen LogP contribution in [0, 0.1) is 0 Å². The van der Waals surface area contributed by atoms with Gasteiger partial charge in [0.25, 0.3) is 0 Å². The highest BCUT2D eigenvalue weighted by molar-refractivity contribution is 7.17. The Labute approximate surface area is 154 Å². The second-order valence-electron chi connectivity index (χ2n) is 5.30. The Morgan fingerprint density at radius 1 is 1.15 bits per heavy atom. The number of para-hydroxylation sites is 2. The molecule has 0 spiro atoms. The molecule has 26 heavy (non-hydrogen) atoms. The zero-order valence-electron chi connectivity index (χ0n) is 14.3. The summed E-state index contributed by atoms with van der Waals surface area (Å²) in [4.78, 5) is 25.1. The van der Waals surface area contributed by atoms with Crippen molar-refractivity contribution in [3.63, 3.8) is 0 Å². The Kier molecular flexibility index (Phi) is 5.33. The molecule has 0 aliphatic rings. The molecular formula is C18H17N3O4S. The van der Waals surface area contributed by atoms with Crippen molar-refractivity contribution in [1.29, 1.82) is 0 Å². The smallest absolute Gasteiger partial charge is 0.348 e. The molecule has 1 amide bonds. The average molecular weight is 371 g/mol. The lowest BCUT2D eigenvalue weighted by Crippen LogP contribution is -2.19. The van der Waals surface area contributed by atoms with Crippen LogP contribution in [0.2, 0.25) is 0 Å². The van der Waals surface area contributed by atoms with Gasteiger partial charge in [-0.15, -0.1) is 11.3 Å². The maximum atomic E-state index is 12.2. The fraction of sp³-hybridized carbons (Fsp3) is 0.167. The van der Waals surface area contributed by atoms with E-state index < -0.39 is 0 Å². The van der Waals surface area contributed by atoms with Gasteiger partial charge in [0, 0.05) is 6.20 Å². The zero-order chi connectivity index (χ0) is 18.5. The number of benzene rings is 1. The first-order valence-corrected chi connectivity index (χ1v) is 8.57. The summed E-state index contributed by atoms with van der Waals surface area (Å²) in [5.41, 5.74) is 1.30. The monoisotopic (exact) mass is 371 g/mol. The predicted molar refractivity (Wildman–Crippen MR) is 98.5 cm³/mol. The number of rotatable bonds is 6. The molecule has 0 atom stereocenters. The number of hydrogen-bond donors (Lipinski definition) is 1. The van der Waals surface area contributed by atoms with Gasteiger partial charge >= 0.3 is 5.97 Å². The van der Waals surface area contributed by atoms with Crippen molar-refractivity contribution >= 4 is 28.9 Å². The van der Waals surface area contributed by atoms with E-state index in [1.165, 1.54) is 23.1 Å². The lowest BCUT2D eigenvalue weighted by Gasteiger charge is -2.09. The molecule has 7 nitrogen and oxygen atoms in total. The maximum absolute atomic E-state index is 12.2. The molecule has 2 aromatic heterocycles. The molecule has 0 unspecified atom stereocenters. The van der Waals surface area contributed by atoms with Gasteiger partial charge in [-0.05, 0) is 30.3 Å². The number of anilines is 1. The quantitative estimate of drug-likeness (QED) is 0.674. The van der Waals surface area contributed by atoms with Crippen LogP contribution in [-0.2, 0) is 16.1 Å². The zero-order valence-corrected chi connectivity index (χ0v) is 15.1. The Balaban J connectivity index is 1.67. The largest absolute Gasteiger partial charge is 0.495 e. The van der Waals surface area contributed by atoms with Crippen molar-refractivity contribution in [3.8, 4) is 16.3 Å². The van der Waals surface area contributed by atoms with Gasteiger partial charge in [0.15, 0.2) is 0 Å². The van der Waals surface area contributed by atoms with E-state index in [0.29, 0.717) is 22.0 Å². The second-order valence-corrected chi connectivity index (χ2v) is 6.39. The maximum Gasteiger partial charge on any atom is 0.348 e. The molecular weight excluding hydrogens is 354 g/mol. The minimum absolute atomic E-state index is 0.0628. The van der Waals surface area contributed by atoms with Crippen LogP contribution < -0.4 is 10.1 Å². The summed E-state index contributed by atoms with van der Waals surface area (Å²) >= 11 is 1.29. The van der Waals surface area contributed by atoms with Crippen LogP contribution in [0.4, 0.5) is 5.69 Å². The van der Waals surface area contributed by atoms with E-state index in [0.717, 1.165) is 4.88 Å². The molecule has 0 aliphatic heterocycles. The summed E-state index contributed by atoms with van der Waals surface area (Å²) in [6.07, 6.45) is 1.72. The average Bonchev–Trinajstić information content (AvgIpc) is 3.30. The lowest BCUT2D eigenvalue weighted by atomic mass is 10.3. The highest BCUT2D eigenvalue weighted by atomic mass is 32.1. The molecule has 0 radical (unpaired) electrons. The molecule has 0 aliphatic carbocycles. The predicted octanol–water partition coefficient (Wildman–Crippen LogP) is 3.05. The standard InChI is InChI=1S/C18H17N3O4S/c1-24-14-6-4-3-5-12(14)19-17(22)11-21-10-9-13(20-21)15-7-8-16(26-15)18(23)25-2/h3-10H,11H2,1-2H3,(H,19,22). The fourth-order valence-corrected chi connectivity index (χ4v) is 3.24. The number of hydrogen-bond acceptors (Lipinski definition) is 6. The van der Waals surface area contributed by atoms with E-state index >= 15 is 0 Å². The minimum Gasteiger partial charge on any atom is -0.495 e. The first-order chi connectivity index (χ1) is 12.6. The first kappa shape index (κ1) is 17.7. The Morgan fingerprint density at radius 3 is 2.73 bits per heavy atom. The van der Waals surface area contributed by atoms with Crippen molar-refractivity contribution in [1.82, 2.24) is 9.78 Å². The Morgan fingerprint density at radius 2 is 1.96 bits per heavy atom. The number of amides is 1. The van der Waals surface area contributed by atoms with Crippen LogP contribution in [0.25, 0.3) is 10.6 Å². The number of aromatic nitrogens is 2. The minimum atomic E-state index is -0.378. The summed E-state index contributed by atoms with van der Waals surface area (Å²) < 4.78 is 11.5. The van der Waals surface area contributed by atoms with Gasteiger partial charge in [0.2, 0.25) is 5.91 Å². The van der Waals surface area contributed by atoms with Gasteiger partial charge in [0.1, 0.15) is 22.9 Å². The van der Waals surface area contributed by atoms with Crippen molar-refractivity contribution in [2.75, 3.05) is 19.5 Å². The first-order valence-electron chi connectivity index (χ1n) is 7.75. The number of carbonyl (C=O) groups excluding carboxylic acids is 2. The van der Waals surface area contributed by atoms with Crippen molar-refractivity contribution in [2.45, 2.75) is 6.54 Å².